The number of anilines is 1. The van der Waals surface area contributed by atoms with Crippen LogP contribution in [0, 0.1) is 5.82 Å². The lowest BCUT2D eigenvalue weighted by molar-refractivity contribution is 0.102. The van der Waals surface area contributed by atoms with Crippen molar-refractivity contribution in [3.63, 3.8) is 0 Å². The minimum absolute atomic E-state index is 0.292. The summed E-state index contributed by atoms with van der Waals surface area (Å²) in [5.41, 5.74) is 2.03. The number of halogens is 2. The first-order valence-corrected chi connectivity index (χ1v) is 10.1. The van der Waals surface area contributed by atoms with Gasteiger partial charge in [0.25, 0.3) is 5.91 Å². The van der Waals surface area contributed by atoms with Crippen molar-refractivity contribution in [3.05, 3.63) is 57.8 Å². The third-order valence-electron chi connectivity index (χ3n) is 3.53. The average molecular weight is 428 g/mol. The maximum atomic E-state index is 13.6. The molecular formula is C17H15BrFNO2S2. The van der Waals surface area contributed by atoms with Gasteiger partial charge in [-0.2, -0.15) is 0 Å². The lowest BCUT2D eigenvalue weighted by Gasteiger charge is -2.13. The summed E-state index contributed by atoms with van der Waals surface area (Å²) in [6.07, 6.45) is 0. The molecule has 1 aliphatic heterocycles. The van der Waals surface area contributed by atoms with Crippen LogP contribution in [-0.4, -0.2) is 24.5 Å². The number of thioether (sulfide) groups is 2. The Bertz CT molecular complexity index is 749. The van der Waals surface area contributed by atoms with Crippen molar-refractivity contribution < 1.29 is 13.9 Å². The molecule has 0 aromatic heterocycles. The Kier molecular flexibility index (Phi) is 5.73. The number of hydrogen-bond acceptors (Lipinski definition) is 4. The van der Waals surface area contributed by atoms with Crippen molar-refractivity contribution in [2.75, 3.05) is 23.9 Å². The van der Waals surface area contributed by atoms with Crippen molar-refractivity contribution in [2.45, 2.75) is 4.58 Å². The number of benzene rings is 2. The number of amides is 1. The molecule has 0 atom stereocenters. The SMILES string of the molecule is COc1c(Br)cc(F)cc1NC(=O)c1ccc(C2SCCS2)cc1. The van der Waals surface area contributed by atoms with E-state index in [-0.39, 0.29) is 5.91 Å². The molecule has 126 valence electrons. The van der Waals surface area contributed by atoms with E-state index in [1.165, 1.54) is 24.8 Å². The minimum Gasteiger partial charge on any atom is -0.493 e. The highest BCUT2D eigenvalue weighted by molar-refractivity contribution is 9.10. The number of ether oxygens (including phenoxy) is 1. The zero-order chi connectivity index (χ0) is 17.1. The number of carbonyl (C=O) groups excluding carboxylic acids is 1. The van der Waals surface area contributed by atoms with Crippen LogP contribution in [0.5, 0.6) is 5.75 Å². The second kappa shape index (κ2) is 7.80. The lowest BCUT2D eigenvalue weighted by Crippen LogP contribution is -2.13. The van der Waals surface area contributed by atoms with Gasteiger partial charge in [-0.15, -0.1) is 23.5 Å². The van der Waals surface area contributed by atoms with Crippen LogP contribution in [0.3, 0.4) is 0 Å². The van der Waals surface area contributed by atoms with Gasteiger partial charge in [0.05, 0.1) is 21.9 Å². The van der Waals surface area contributed by atoms with Gasteiger partial charge in [0.15, 0.2) is 5.75 Å². The van der Waals surface area contributed by atoms with Crippen LogP contribution >= 0.6 is 39.5 Å². The summed E-state index contributed by atoms with van der Waals surface area (Å²) < 4.78 is 19.7. The largest absolute Gasteiger partial charge is 0.493 e. The van der Waals surface area contributed by atoms with Gasteiger partial charge < -0.3 is 10.1 Å². The highest BCUT2D eigenvalue weighted by Gasteiger charge is 2.19. The zero-order valence-electron chi connectivity index (χ0n) is 12.8. The Labute approximate surface area is 156 Å². The molecule has 3 nitrogen and oxygen atoms in total. The van der Waals surface area contributed by atoms with E-state index < -0.39 is 5.82 Å². The van der Waals surface area contributed by atoms with Crippen LogP contribution in [0.25, 0.3) is 0 Å². The summed E-state index contributed by atoms with van der Waals surface area (Å²) in [6.45, 7) is 0. The fraction of sp³-hybridized carbons (Fsp3) is 0.235. The number of rotatable bonds is 4. The monoisotopic (exact) mass is 427 g/mol. The van der Waals surface area contributed by atoms with Gasteiger partial charge in [0.1, 0.15) is 5.82 Å². The molecule has 1 N–H and O–H groups in total. The Hall–Kier alpha value is -1.18. The molecule has 1 saturated heterocycles. The molecule has 1 amide bonds. The van der Waals surface area contributed by atoms with Crippen LogP contribution in [0.2, 0.25) is 0 Å². The average Bonchev–Trinajstić information content (AvgIpc) is 3.09. The fourth-order valence-corrected chi connectivity index (χ4v) is 5.85. The predicted molar refractivity (Wildman–Crippen MR) is 103 cm³/mol. The van der Waals surface area contributed by atoms with Crippen LogP contribution in [0.15, 0.2) is 40.9 Å². The topological polar surface area (TPSA) is 38.3 Å². The Morgan fingerprint density at radius 1 is 1.25 bits per heavy atom. The van der Waals surface area contributed by atoms with Crippen LogP contribution in [0.1, 0.15) is 20.5 Å². The van der Waals surface area contributed by atoms with E-state index >= 15 is 0 Å². The molecule has 0 aliphatic carbocycles. The van der Waals surface area contributed by atoms with Crippen molar-refractivity contribution >= 4 is 51.0 Å². The van der Waals surface area contributed by atoms with Gasteiger partial charge in [-0.1, -0.05) is 12.1 Å². The van der Waals surface area contributed by atoms with Crippen LogP contribution < -0.4 is 10.1 Å². The number of hydrogen-bond donors (Lipinski definition) is 1. The summed E-state index contributed by atoms with van der Waals surface area (Å²) in [7, 11) is 1.47. The van der Waals surface area contributed by atoms with Crippen molar-refractivity contribution in [2.24, 2.45) is 0 Å². The second-order valence-corrected chi connectivity index (χ2v) is 8.70. The van der Waals surface area contributed by atoms with Gasteiger partial charge in [0, 0.05) is 23.1 Å². The summed E-state index contributed by atoms with van der Waals surface area (Å²) in [5, 5.41) is 2.70. The number of nitrogens with one attached hydrogen (secondary N) is 1. The molecule has 3 rings (SSSR count). The van der Waals surface area contributed by atoms with E-state index in [0.717, 1.165) is 11.5 Å². The summed E-state index contributed by atoms with van der Waals surface area (Å²) in [4.78, 5) is 12.4. The predicted octanol–water partition coefficient (Wildman–Crippen LogP) is 5.33. The number of carbonyl (C=O) groups is 1. The maximum absolute atomic E-state index is 13.6. The highest BCUT2D eigenvalue weighted by atomic mass is 79.9. The van der Waals surface area contributed by atoms with E-state index in [1.54, 1.807) is 12.1 Å². The van der Waals surface area contributed by atoms with Crippen LogP contribution in [-0.2, 0) is 0 Å². The zero-order valence-corrected chi connectivity index (χ0v) is 16.1. The summed E-state index contributed by atoms with van der Waals surface area (Å²) in [5.74, 6) is 1.95. The molecule has 7 heteroatoms. The molecule has 2 aromatic rings. The number of methoxy groups -OCH3 is 1. The van der Waals surface area contributed by atoms with Gasteiger partial charge in [-0.05, 0) is 39.7 Å². The molecule has 24 heavy (non-hydrogen) atoms. The molecule has 1 heterocycles. The Balaban J connectivity index is 1.77. The van der Waals surface area contributed by atoms with Gasteiger partial charge >= 0.3 is 0 Å². The van der Waals surface area contributed by atoms with Gasteiger partial charge in [0.2, 0.25) is 0 Å². The molecule has 0 unspecified atom stereocenters. The summed E-state index contributed by atoms with van der Waals surface area (Å²) >= 11 is 7.07. The highest BCUT2D eigenvalue weighted by Crippen LogP contribution is 2.45. The third-order valence-corrected chi connectivity index (χ3v) is 7.22. The molecule has 1 aliphatic rings. The van der Waals surface area contributed by atoms with E-state index in [2.05, 4.69) is 21.2 Å². The molecule has 2 aromatic carbocycles. The van der Waals surface area contributed by atoms with Crippen molar-refractivity contribution in [3.8, 4) is 5.75 Å². The third kappa shape index (κ3) is 3.90. The van der Waals surface area contributed by atoms with Crippen molar-refractivity contribution in [1.82, 2.24) is 0 Å². The normalized spacial score (nSPS) is 14.6. The van der Waals surface area contributed by atoms with Crippen LogP contribution in [0.4, 0.5) is 10.1 Å². The Morgan fingerprint density at radius 3 is 2.54 bits per heavy atom. The molecular weight excluding hydrogens is 413 g/mol. The first-order valence-electron chi connectivity index (χ1n) is 7.26. The second-order valence-electron chi connectivity index (χ2n) is 5.12. The summed E-state index contributed by atoms with van der Waals surface area (Å²) in [6, 6.07) is 10.1. The first kappa shape index (κ1) is 17.6. The maximum Gasteiger partial charge on any atom is 0.255 e. The molecule has 0 spiro atoms. The van der Waals surface area contributed by atoms with E-state index in [0.29, 0.717) is 26.1 Å². The fourth-order valence-electron chi connectivity index (χ4n) is 2.40. The van der Waals surface area contributed by atoms with Gasteiger partial charge in [-0.25, -0.2) is 4.39 Å². The van der Waals surface area contributed by atoms with E-state index in [1.807, 2.05) is 35.7 Å². The molecule has 0 saturated carbocycles. The first-order chi connectivity index (χ1) is 11.6. The quantitative estimate of drug-likeness (QED) is 0.715. The van der Waals surface area contributed by atoms with E-state index in [4.69, 9.17) is 4.74 Å². The lowest BCUT2D eigenvalue weighted by atomic mass is 10.1. The molecule has 0 radical (unpaired) electrons. The van der Waals surface area contributed by atoms with Crippen molar-refractivity contribution in [1.29, 1.82) is 0 Å². The molecule has 1 fully saturated rings. The van der Waals surface area contributed by atoms with E-state index in [9.17, 15) is 9.18 Å². The molecule has 0 bridgehead atoms. The minimum atomic E-state index is -0.455. The Morgan fingerprint density at radius 2 is 1.92 bits per heavy atom. The smallest absolute Gasteiger partial charge is 0.255 e. The van der Waals surface area contributed by atoms with Gasteiger partial charge in [-0.3, -0.25) is 4.79 Å². The standard InChI is InChI=1S/C17H15BrFNO2S2/c1-22-15-13(18)8-12(19)9-14(15)20-16(21)10-2-4-11(5-3-10)17-23-6-7-24-17/h2-5,8-9,17H,6-7H2,1H3,(H,20,21).